The highest BCUT2D eigenvalue weighted by molar-refractivity contribution is 7.90. The van der Waals surface area contributed by atoms with Crippen LogP contribution in [0.15, 0.2) is 17.0 Å². The summed E-state index contributed by atoms with van der Waals surface area (Å²) in [7, 11) is -3.18. The predicted molar refractivity (Wildman–Crippen MR) is 71.1 cm³/mol. The summed E-state index contributed by atoms with van der Waals surface area (Å²) in [6, 6.07) is 3.75. The van der Waals surface area contributed by atoms with Gasteiger partial charge in [-0.3, -0.25) is 0 Å². The van der Waals surface area contributed by atoms with Crippen molar-refractivity contribution in [1.29, 1.82) is 0 Å². The molecule has 0 saturated heterocycles. The van der Waals surface area contributed by atoms with Gasteiger partial charge in [0.25, 0.3) is 0 Å². The highest BCUT2D eigenvalue weighted by atomic mass is 32.2. The summed E-state index contributed by atoms with van der Waals surface area (Å²) in [5, 5.41) is 0. The van der Waals surface area contributed by atoms with Gasteiger partial charge in [0.1, 0.15) is 0 Å². The van der Waals surface area contributed by atoms with Crippen LogP contribution in [0.1, 0.15) is 36.0 Å². The van der Waals surface area contributed by atoms with E-state index in [0.717, 1.165) is 23.1 Å². The van der Waals surface area contributed by atoms with Crippen molar-refractivity contribution in [3.05, 3.63) is 28.8 Å². The lowest BCUT2D eigenvalue weighted by molar-refractivity contribution is 0.596. The third kappa shape index (κ3) is 3.30. The first-order valence-corrected chi connectivity index (χ1v) is 7.67. The van der Waals surface area contributed by atoms with E-state index < -0.39 is 9.84 Å². The summed E-state index contributed by atoms with van der Waals surface area (Å²) in [4.78, 5) is 0.446. The first-order chi connectivity index (χ1) is 7.77. The highest BCUT2D eigenvalue weighted by Gasteiger charge is 2.18. The van der Waals surface area contributed by atoms with Crippen LogP contribution >= 0.6 is 0 Å². The molecule has 0 fully saturated rings. The van der Waals surface area contributed by atoms with E-state index in [1.807, 2.05) is 26.8 Å². The van der Waals surface area contributed by atoms with Crippen molar-refractivity contribution in [3.63, 3.8) is 0 Å². The zero-order valence-electron chi connectivity index (χ0n) is 10.9. The molecule has 0 saturated carbocycles. The summed E-state index contributed by atoms with van der Waals surface area (Å²) in [6.07, 6.45) is 2.06. The van der Waals surface area contributed by atoms with Gasteiger partial charge >= 0.3 is 0 Å². The second-order valence-electron chi connectivity index (χ2n) is 4.72. The van der Waals surface area contributed by atoms with E-state index in [4.69, 9.17) is 5.73 Å². The quantitative estimate of drug-likeness (QED) is 0.897. The SMILES string of the molecule is Cc1cc(C(C)CCN)c(S(C)(=O)=O)cc1C. The fourth-order valence-electron chi connectivity index (χ4n) is 1.92. The van der Waals surface area contributed by atoms with Crippen molar-refractivity contribution in [1.82, 2.24) is 0 Å². The van der Waals surface area contributed by atoms with E-state index >= 15 is 0 Å². The predicted octanol–water partition coefficient (Wildman–Crippen LogP) is 2.16. The van der Waals surface area contributed by atoms with Gasteiger partial charge in [-0.1, -0.05) is 13.0 Å². The molecule has 0 spiro atoms. The second-order valence-corrected chi connectivity index (χ2v) is 6.71. The minimum absolute atomic E-state index is 0.170. The van der Waals surface area contributed by atoms with E-state index in [-0.39, 0.29) is 5.92 Å². The van der Waals surface area contributed by atoms with Gasteiger partial charge in [0.15, 0.2) is 9.84 Å². The third-order valence-electron chi connectivity index (χ3n) is 3.16. The zero-order chi connectivity index (χ0) is 13.2. The van der Waals surface area contributed by atoms with E-state index in [1.165, 1.54) is 6.26 Å². The van der Waals surface area contributed by atoms with Crippen LogP contribution in [0.2, 0.25) is 0 Å². The average molecular weight is 255 g/mol. The lowest BCUT2D eigenvalue weighted by atomic mass is 9.94. The maximum atomic E-state index is 11.8. The number of aryl methyl sites for hydroxylation is 2. The van der Waals surface area contributed by atoms with Crippen molar-refractivity contribution < 1.29 is 8.42 Å². The number of benzene rings is 1. The van der Waals surface area contributed by atoms with Gasteiger partial charge < -0.3 is 5.73 Å². The maximum Gasteiger partial charge on any atom is 0.175 e. The summed E-state index contributed by atoms with van der Waals surface area (Å²) >= 11 is 0. The van der Waals surface area contributed by atoms with Gasteiger partial charge in [-0.2, -0.15) is 0 Å². The van der Waals surface area contributed by atoms with Crippen LogP contribution in [-0.2, 0) is 9.84 Å². The highest BCUT2D eigenvalue weighted by Crippen LogP contribution is 2.28. The van der Waals surface area contributed by atoms with Gasteiger partial charge in [0.2, 0.25) is 0 Å². The summed E-state index contributed by atoms with van der Waals surface area (Å²) in [6.45, 7) is 6.52. The fourth-order valence-corrected chi connectivity index (χ4v) is 3.00. The molecule has 96 valence electrons. The fraction of sp³-hybridized carbons (Fsp3) is 0.538. The van der Waals surface area contributed by atoms with Crippen molar-refractivity contribution in [3.8, 4) is 0 Å². The van der Waals surface area contributed by atoms with Crippen LogP contribution in [0.5, 0.6) is 0 Å². The Balaban J connectivity index is 3.41. The Morgan fingerprint density at radius 3 is 2.24 bits per heavy atom. The molecular formula is C13H21NO2S. The summed E-state index contributed by atoms with van der Waals surface area (Å²) in [5.74, 6) is 0.170. The zero-order valence-corrected chi connectivity index (χ0v) is 11.8. The Hall–Kier alpha value is -0.870. The summed E-state index contributed by atoms with van der Waals surface area (Å²) in [5.41, 5.74) is 8.56. The van der Waals surface area contributed by atoms with Crippen molar-refractivity contribution in [2.75, 3.05) is 12.8 Å². The molecule has 0 aliphatic carbocycles. The first-order valence-electron chi connectivity index (χ1n) is 5.78. The molecule has 1 rings (SSSR count). The van der Waals surface area contributed by atoms with Gasteiger partial charge in [0, 0.05) is 6.26 Å². The molecule has 1 unspecified atom stereocenters. The van der Waals surface area contributed by atoms with Gasteiger partial charge in [-0.15, -0.1) is 0 Å². The van der Waals surface area contributed by atoms with E-state index in [9.17, 15) is 8.42 Å². The van der Waals surface area contributed by atoms with E-state index in [0.29, 0.717) is 11.4 Å². The van der Waals surface area contributed by atoms with Crippen LogP contribution < -0.4 is 5.73 Å². The molecule has 0 aromatic heterocycles. The molecule has 0 bridgehead atoms. The molecule has 17 heavy (non-hydrogen) atoms. The lowest BCUT2D eigenvalue weighted by Gasteiger charge is -2.17. The Morgan fingerprint density at radius 2 is 1.76 bits per heavy atom. The van der Waals surface area contributed by atoms with Gasteiger partial charge in [-0.05, 0) is 55.5 Å². The Morgan fingerprint density at radius 1 is 1.24 bits per heavy atom. The standard InChI is InChI=1S/C13H21NO2S/c1-9(5-6-14)12-7-10(2)11(3)8-13(12)17(4,15)16/h7-9H,5-6,14H2,1-4H3. The number of nitrogens with two attached hydrogens (primary N) is 1. The number of hydrogen-bond acceptors (Lipinski definition) is 3. The molecule has 4 heteroatoms. The summed E-state index contributed by atoms with van der Waals surface area (Å²) < 4.78 is 23.6. The normalized spacial score (nSPS) is 13.7. The second kappa shape index (κ2) is 5.19. The smallest absolute Gasteiger partial charge is 0.175 e. The molecule has 3 nitrogen and oxygen atoms in total. The Labute approximate surface area is 104 Å². The van der Waals surface area contributed by atoms with Crippen LogP contribution in [0.4, 0.5) is 0 Å². The molecule has 0 aliphatic heterocycles. The van der Waals surface area contributed by atoms with Crippen molar-refractivity contribution in [2.45, 2.75) is 38.0 Å². The van der Waals surface area contributed by atoms with Crippen LogP contribution in [-0.4, -0.2) is 21.2 Å². The minimum Gasteiger partial charge on any atom is -0.330 e. The van der Waals surface area contributed by atoms with Crippen LogP contribution in [0.3, 0.4) is 0 Å². The lowest BCUT2D eigenvalue weighted by Crippen LogP contribution is -2.10. The van der Waals surface area contributed by atoms with Gasteiger partial charge in [0.05, 0.1) is 4.90 Å². The first kappa shape index (κ1) is 14.2. The van der Waals surface area contributed by atoms with Crippen molar-refractivity contribution >= 4 is 9.84 Å². The number of rotatable bonds is 4. The molecule has 1 aromatic carbocycles. The molecule has 0 radical (unpaired) electrons. The minimum atomic E-state index is -3.18. The van der Waals surface area contributed by atoms with E-state index in [1.54, 1.807) is 6.07 Å². The molecular weight excluding hydrogens is 234 g/mol. The van der Waals surface area contributed by atoms with Crippen LogP contribution in [0.25, 0.3) is 0 Å². The van der Waals surface area contributed by atoms with Crippen molar-refractivity contribution in [2.24, 2.45) is 5.73 Å². The third-order valence-corrected chi connectivity index (χ3v) is 4.31. The van der Waals surface area contributed by atoms with Crippen LogP contribution in [0, 0.1) is 13.8 Å². The maximum absolute atomic E-state index is 11.8. The van der Waals surface area contributed by atoms with E-state index in [2.05, 4.69) is 0 Å². The Bertz CT molecular complexity index is 506. The molecule has 0 amide bonds. The Kier molecular flexibility index (Phi) is 4.33. The molecule has 0 aliphatic rings. The largest absolute Gasteiger partial charge is 0.330 e. The molecule has 1 atom stereocenters. The molecule has 1 aromatic rings. The number of sulfone groups is 1. The topological polar surface area (TPSA) is 60.2 Å². The molecule has 0 heterocycles. The average Bonchev–Trinajstić information content (AvgIpc) is 2.20. The monoisotopic (exact) mass is 255 g/mol. The molecule has 2 N–H and O–H groups in total. The number of hydrogen-bond donors (Lipinski definition) is 1. The van der Waals surface area contributed by atoms with Gasteiger partial charge in [-0.25, -0.2) is 8.42 Å².